The number of hydrogen-bond donors (Lipinski definition) is 1. The van der Waals surface area contributed by atoms with Gasteiger partial charge in [0.25, 0.3) is 0 Å². The average molecular weight is 259 g/mol. The number of aromatic nitrogens is 1. The van der Waals surface area contributed by atoms with Gasteiger partial charge in [-0.25, -0.2) is 8.78 Å². The van der Waals surface area contributed by atoms with Gasteiger partial charge in [0.1, 0.15) is 24.0 Å². The van der Waals surface area contributed by atoms with Crippen LogP contribution in [0.3, 0.4) is 0 Å². The monoisotopic (exact) mass is 259 g/mol. The van der Waals surface area contributed by atoms with Crippen molar-refractivity contribution in [3.8, 4) is 5.75 Å². The van der Waals surface area contributed by atoms with Crippen molar-refractivity contribution in [3.05, 3.63) is 65.9 Å². The predicted octanol–water partition coefficient (Wildman–Crippen LogP) is 4.03. The fourth-order valence-electron chi connectivity index (χ4n) is 2.01. The molecule has 2 aromatic carbocycles. The summed E-state index contributed by atoms with van der Waals surface area (Å²) >= 11 is 0. The molecule has 0 bridgehead atoms. The summed E-state index contributed by atoms with van der Waals surface area (Å²) in [6.45, 7) is 0.257. The Labute approximate surface area is 108 Å². The van der Waals surface area contributed by atoms with Crippen molar-refractivity contribution in [1.29, 1.82) is 0 Å². The summed E-state index contributed by atoms with van der Waals surface area (Å²) in [4.78, 5) is 2.88. The van der Waals surface area contributed by atoms with Gasteiger partial charge >= 0.3 is 0 Å². The highest BCUT2D eigenvalue weighted by molar-refractivity contribution is 5.83. The normalized spacial score (nSPS) is 10.8. The van der Waals surface area contributed by atoms with Crippen LogP contribution in [0.1, 0.15) is 5.56 Å². The summed E-state index contributed by atoms with van der Waals surface area (Å²) in [5, 5.41) is 0.774. The second-order valence-electron chi connectivity index (χ2n) is 4.22. The van der Waals surface area contributed by atoms with E-state index in [0.717, 1.165) is 10.9 Å². The van der Waals surface area contributed by atoms with Crippen LogP contribution in [0, 0.1) is 11.6 Å². The van der Waals surface area contributed by atoms with E-state index in [1.54, 1.807) is 24.4 Å². The molecular formula is C15H11F2NO. The van der Waals surface area contributed by atoms with Crippen LogP contribution in [0.25, 0.3) is 10.9 Å². The molecule has 0 saturated heterocycles. The van der Waals surface area contributed by atoms with Crippen LogP contribution < -0.4 is 4.74 Å². The first-order valence-electron chi connectivity index (χ1n) is 5.87. The lowest BCUT2D eigenvalue weighted by Gasteiger charge is -2.05. The molecule has 0 aliphatic rings. The van der Waals surface area contributed by atoms with Gasteiger partial charge in [0, 0.05) is 23.2 Å². The van der Waals surface area contributed by atoms with Crippen molar-refractivity contribution in [2.75, 3.05) is 0 Å². The molecule has 1 aromatic heterocycles. The van der Waals surface area contributed by atoms with Crippen molar-refractivity contribution >= 4 is 10.9 Å². The van der Waals surface area contributed by atoms with Crippen LogP contribution in [0.15, 0.2) is 48.7 Å². The molecule has 4 heteroatoms. The second-order valence-corrected chi connectivity index (χ2v) is 4.22. The van der Waals surface area contributed by atoms with Crippen molar-refractivity contribution in [3.63, 3.8) is 0 Å². The highest BCUT2D eigenvalue weighted by Crippen LogP contribution is 2.22. The molecule has 0 aliphatic heterocycles. The maximum absolute atomic E-state index is 13.5. The van der Waals surface area contributed by atoms with Crippen LogP contribution >= 0.6 is 0 Å². The summed E-state index contributed by atoms with van der Waals surface area (Å²) in [6.07, 6.45) is 1.70. The first kappa shape index (κ1) is 11.7. The van der Waals surface area contributed by atoms with E-state index in [2.05, 4.69) is 4.98 Å². The minimum Gasteiger partial charge on any atom is -0.489 e. The van der Waals surface area contributed by atoms with E-state index in [1.165, 1.54) is 18.2 Å². The van der Waals surface area contributed by atoms with Crippen LogP contribution in [-0.2, 0) is 6.61 Å². The molecule has 2 nitrogen and oxygen atoms in total. The number of rotatable bonds is 3. The van der Waals surface area contributed by atoms with Crippen LogP contribution in [0.4, 0.5) is 8.78 Å². The number of aromatic amines is 1. The number of H-pyrrole nitrogens is 1. The topological polar surface area (TPSA) is 25.0 Å². The number of para-hydroxylation sites is 1. The fourth-order valence-corrected chi connectivity index (χ4v) is 2.01. The molecule has 0 fully saturated rings. The Morgan fingerprint density at radius 3 is 2.74 bits per heavy atom. The first-order valence-corrected chi connectivity index (χ1v) is 5.87. The Kier molecular flexibility index (Phi) is 2.91. The second kappa shape index (κ2) is 4.72. The van der Waals surface area contributed by atoms with Gasteiger partial charge in [-0.15, -0.1) is 0 Å². The zero-order valence-electron chi connectivity index (χ0n) is 9.99. The molecule has 19 heavy (non-hydrogen) atoms. The minimum atomic E-state index is -0.345. The molecule has 3 rings (SSSR count). The summed E-state index contributed by atoms with van der Waals surface area (Å²) in [6, 6.07) is 10.8. The number of nitrogens with one attached hydrogen (secondary N) is 1. The third kappa shape index (κ3) is 2.29. The molecule has 0 aliphatic carbocycles. The Balaban J connectivity index is 1.84. The molecule has 1 N–H and O–H groups in total. The van der Waals surface area contributed by atoms with Gasteiger partial charge in [-0.3, -0.25) is 0 Å². The Morgan fingerprint density at radius 2 is 1.89 bits per heavy atom. The number of halogens is 2. The van der Waals surface area contributed by atoms with E-state index >= 15 is 0 Å². The van der Waals surface area contributed by atoms with Gasteiger partial charge in [0.2, 0.25) is 0 Å². The maximum atomic E-state index is 13.5. The van der Waals surface area contributed by atoms with Gasteiger partial charge in [0.05, 0.1) is 5.52 Å². The van der Waals surface area contributed by atoms with Gasteiger partial charge in [0.15, 0.2) is 0 Å². The standard InChI is InChI=1S/C15H11F2NO/c16-11-3-1-4-12(7-11)19-9-10-8-18-15-13(10)5-2-6-14(15)17/h1-8,18H,9H2. The molecule has 96 valence electrons. The van der Waals surface area contributed by atoms with Crippen molar-refractivity contribution < 1.29 is 13.5 Å². The average Bonchev–Trinajstić information content (AvgIpc) is 2.81. The van der Waals surface area contributed by atoms with E-state index < -0.39 is 0 Å². The highest BCUT2D eigenvalue weighted by Gasteiger charge is 2.07. The van der Waals surface area contributed by atoms with E-state index in [9.17, 15) is 8.78 Å². The summed E-state index contributed by atoms with van der Waals surface area (Å²) in [5.74, 6) is -0.192. The zero-order valence-corrected chi connectivity index (χ0v) is 9.99. The third-order valence-electron chi connectivity index (χ3n) is 2.94. The molecule has 0 radical (unpaired) electrons. The van der Waals surface area contributed by atoms with Gasteiger partial charge < -0.3 is 9.72 Å². The maximum Gasteiger partial charge on any atom is 0.147 e. The number of fused-ring (bicyclic) bond motifs is 1. The molecule has 0 atom stereocenters. The minimum absolute atomic E-state index is 0.257. The van der Waals surface area contributed by atoms with E-state index in [4.69, 9.17) is 4.74 Å². The molecule has 0 amide bonds. The number of ether oxygens (including phenoxy) is 1. The van der Waals surface area contributed by atoms with E-state index in [1.807, 2.05) is 6.07 Å². The van der Waals surface area contributed by atoms with Gasteiger partial charge in [-0.2, -0.15) is 0 Å². The van der Waals surface area contributed by atoms with Crippen molar-refractivity contribution in [2.45, 2.75) is 6.61 Å². The first-order chi connectivity index (χ1) is 9.24. The van der Waals surface area contributed by atoms with Gasteiger partial charge in [-0.05, 0) is 18.2 Å². The third-order valence-corrected chi connectivity index (χ3v) is 2.94. The lowest BCUT2D eigenvalue weighted by molar-refractivity contribution is 0.306. The van der Waals surface area contributed by atoms with E-state index in [0.29, 0.717) is 11.3 Å². The number of hydrogen-bond acceptors (Lipinski definition) is 1. The molecular weight excluding hydrogens is 248 g/mol. The highest BCUT2D eigenvalue weighted by atomic mass is 19.1. The molecule has 3 aromatic rings. The lowest BCUT2D eigenvalue weighted by atomic mass is 10.2. The van der Waals surface area contributed by atoms with Crippen molar-refractivity contribution in [2.24, 2.45) is 0 Å². The summed E-state index contributed by atoms with van der Waals surface area (Å²) < 4.78 is 32.0. The van der Waals surface area contributed by atoms with Crippen LogP contribution in [0.5, 0.6) is 5.75 Å². The molecule has 1 heterocycles. The van der Waals surface area contributed by atoms with E-state index in [-0.39, 0.29) is 18.2 Å². The molecule has 0 spiro atoms. The van der Waals surface area contributed by atoms with Crippen LogP contribution in [0.2, 0.25) is 0 Å². The zero-order chi connectivity index (χ0) is 13.2. The summed E-state index contributed by atoms with van der Waals surface area (Å²) in [5.41, 5.74) is 1.29. The molecule has 0 unspecified atom stereocenters. The SMILES string of the molecule is Fc1cccc(OCc2c[nH]c3c(F)cccc23)c1. The molecule has 0 saturated carbocycles. The lowest BCUT2D eigenvalue weighted by Crippen LogP contribution is -1.94. The largest absolute Gasteiger partial charge is 0.489 e. The quantitative estimate of drug-likeness (QED) is 0.754. The van der Waals surface area contributed by atoms with Crippen LogP contribution in [-0.4, -0.2) is 4.98 Å². The number of benzene rings is 2. The Morgan fingerprint density at radius 1 is 1.05 bits per heavy atom. The smallest absolute Gasteiger partial charge is 0.147 e. The predicted molar refractivity (Wildman–Crippen MR) is 69.0 cm³/mol. The fraction of sp³-hybridized carbons (Fsp3) is 0.0667. The Bertz CT molecular complexity index is 721. The van der Waals surface area contributed by atoms with Crippen molar-refractivity contribution in [1.82, 2.24) is 4.98 Å². The van der Waals surface area contributed by atoms with Gasteiger partial charge in [-0.1, -0.05) is 18.2 Å². The summed E-state index contributed by atoms with van der Waals surface area (Å²) in [7, 11) is 0. The Hall–Kier alpha value is -2.36.